The van der Waals surface area contributed by atoms with Crippen LogP contribution in [0.2, 0.25) is 0 Å². The van der Waals surface area contributed by atoms with Crippen molar-refractivity contribution in [3.63, 3.8) is 0 Å². The van der Waals surface area contributed by atoms with Gasteiger partial charge in [0, 0.05) is 17.1 Å². The molecule has 0 N–H and O–H groups in total. The molecule has 8 aromatic carbocycles. The summed E-state index contributed by atoms with van der Waals surface area (Å²) in [6.45, 7) is 0. The summed E-state index contributed by atoms with van der Waals surface area (Å²) < 4.78 is 0. The van der Waals surface area contributed by atoms with E-state index in [0.29, 0.717) is 0 Å². The standard InChI is InChI=1S/C42H29N/c1-3-12-30(13-4-1)31-22-25-35(26-23-31)43(34-16-5-2-6-17-34)36-18-11-15-33(28-36)41-29-42-37-19-8-7-14-32(37)24-27-40(42)38-20-9-10-21-39(38)41/h1-29H. The number of hydrogen-bond donors (Lipinski definition) is 0. The van der Waals surface area contributed by atoms with E-state index in [1.807, 2.05) is 0 Å². The van der Waals surface area contributed by atoms with Crippen LogP contribution in [0.5, 0.6) is 0 Å². The largest absolute Gasteiger partial charge is 0.310 e. The summed E-state index contributed by atoms with van der Waals surface area (Å²) in [6.07, 6.45) is 0. The average molecular weight is 548 g/mol. The van der Waals surface area contributed by atoms with E-state index in [2.05, 4.69) is 181 Å². The molecule has 0 heterocycles. The van der Waals surface area contributed by atoms with Crippen molar-refractivity contribution < 1.29 is 0 Å². The lowest BCUT2D eigenvalue weighted by Gasteiger charge is -2.26. The first-order valence-electron chi connectivity index (χ1n) is 14.8. The smallest absolute Gasteiger partial charge is 0.0467 e. The molecule has 1 heteroatoms. The van der Waals surface area contributed by atoms with E-state index in [1.54, 1.807) is 0 Å². The Labute approximate surface area is 251 Å². The van der Waals surface area contributed by atoms with Crippen molar-refractivity contribution in [2.24, 2.45) is 0 Å². The zero-order valence-corrected chi connectivity index (χ0v) is 23.7. The maximum atomic E-state index is 2.39. The molecule has 0 saturated heterocycles. The summed E-state index contributed by atoms with van der Waals surface area (Å²) in [5.41, 5.74) is 8.25. The van der Waals surface area contributed by atoms with Crippen molar-refractivity contribution in [1.82, 2.24) is 0 Å². The van der Waals surface area contributed by atoms with E-state index >= 15 is 0 Å². The zero-order chi connectivity index (χ0) is 28.6. The Hall–Kier alpha value is -5.66. The summed E-state index contributed by atoms with van der Waals surface area (Å²) in [6, 6.07) is 63.4. The highest BCUT2D eigenvalue weighted by molar-refractivity contribution is 6.21. The molecule has 1 nitrogen and oxygen atoms in total. The molecule has 0 bridgehead atoms. The van der Waals surface area contributed by atoms with Gasteiger partial charge in [0.05, 0.1) is 0 Å². The lowest BCUT2D eigenvalue weighted by Crippen LogP contribution is -2.09. The van der Waals surface area contributed by atoms with E-state index in [4.69, 9.17) is 0 Å². The van der Waals surface area contributed by atoms with Crippen LogP contribution in [0.3, 0.4) is 0 Å². The Bertz CT molecular complexity index is 2220. The van der Waals surface area contributed by atoms with Gasteiger partial charge in [-0.1, -0.05) is 133 Å². The molecule has 0 aromatic heterocycles. The van der Waals surface area contributed by atoms with E-state index in [0.717, 1.165) is 17.1 Å². The third kappa shape index (κ3) is 4.52. The summed E-state index contributed by atoms with van der Waals surface area (Å²) in [4.78, 5) is 2.34. The third-order valence-electron chi connectivity index (χ3n) is 8.43. The van der Waals surface area contributed by atoms with Crippen LogP contribution in [0.15, 0.2) is 176 Å². The van der Waals surface area contributed by atoms with Gasteiger partial charge in [0.15, 0.2) is 0 Å². The molecule has 43 heavy (non-hydrogen) atoms. The van der Waals surface area contributed by atoms with Gasteiger partial charge in [-0.25, -0.2) is 0 Å². The second-order valence-electron chi connectivity index (χ2n) is 11.0. The average Bonchev–Trinajstić information content (AvgIpc) is 3.09. The summed E-state index contributed by atoms with van der Waals surface area (Å²) >= 11 is 0. The minimum atomic E-state index is 1.12. The summed E-state index contributed by atoms with van der Waals surface area (Å²) in [5, 5.41) is 7.67. The first kappa shape index (κ1) is 25.1. The molecule has 8 aromatic rings. The predicted molar refractivity (Wildman–Crippen MR) is 185 cm³/mol. The van der Waals surface area contributed by atoms with Crippen LogP contribution in [0.1, 0.15) is 0 Å². The highest BCUT2D eigenvalue weighted by Gasteiger charge is 2.16. The van der Waals surface area contributed by atoms with Gasteiger partial charge in [0.1, 0.15) is 0 Å². The second kappa shape index (κ2) is 10.6. The van der Waals surface area contributed by atoms with Crippen LogP contribution < -0.4 is 4.90 Å². The fraction of sp³-hybridized carbons (Fsp3) is 0. The third-order valence-corrected chi connectivity index (χ3v) is 8.43. The van der Waals surface area contributed by atoms with E-state index < -0.39 is 0 Å². The lowest BCUT2D eigenvalue weighted by atomic mass is 9.91. The molecular weight excluding hydrogens is 518 g/mol. The van der Waals surface area contributed by atoms with Gasteiger partial charge in [-0.2, -0.15) is 0 Å². The van der Waals surface area contributed by atoms with Crippen LogP contribution in [-0.2, 0) is 0 Å². The number of anilines is 3. The lowest BCUT2D eigenvalue weighted by molar-refractivity contribution is 1.28. The van der Waals surface area contributed by atoms with E-state index in [9.17, 15) is 0 Å². The second-order valence-corrected chi connectivity index (χ2v) is 11.0. The van der Waals surface area contributed by atoms with Crippen LogP contribution in [0.25, 0.3) is 54.6 Å². The number of nitrogens with zero attached hydrogens (tertiary/aromatic N) is 1. The van der Waals surface area contributed by atoms with Crippen molar-refractivity contribution in [3.8, 4) is 22.3 Å². The van der Waals surface area contributed by atoms with Gasteiger partial charge in [-0.3, -0.25) is 0 Å². The summed E-state index contributed by atoms with van der Waals surface area (Å²) in [5.74, 6) is 0. The zero-order valence-electron chi connectivity index (χ0n) is 23.7. The van der Waals surface area contributed by atoms with Crippen LogP contribution >= 0.6 is 0 Å². The van der Waals surface area contributed by atoms with Crippen molar-refractivity contribution in [3.05, 3.63) is 176 Å². The monoisotopic (exact) mass is 547 g/mol. The Morgan fingerprint density at radius 2 is 0.837 bits per heavy atom. The molecule has 0 spiro atoms. The molecule has 0 atom stereocenters. The Kier molecular flexibility index (Phi) is 6.20. The molecule has 0 saturated carbocycles. The number of benzene rings is 8. The maximum Gasteiger partial charge on any atom is 0.0467 e. The molecule has 0 aliphatic rings. The number of para-hydroxylation sites is 1. The van der Waals surface area contributed by atoms with E-state index in [1.165, 1.54) is 54.6 Å². The fourth-order valence-corrected chi connectivity index (χ4v) is 6.37. The predicted octanol–water partition coefficient (Wildman–Crippen LogP) is 11.9. The van der Waals surface area contributed by atoms with Crippen LogP contribution in [0, 0.1) is 0 Å². The molecule has 8 rings (SSSR count). The molecule has 202 valence electrons. The molecule has 0 aliphatic carbocycles. The van der Waals surface area contributed by atoms with Gasteiger partial charge in [-0.05, 0) is 97.0 Å². The normalized spacial score (nSPS) is 11.3. The molecular formula is C42H29N. The van der Waals surface area contributed by atoms with Crippen molar-refractivity contribution in [2.45, 2.75) is 0 Å². The van der Waals surface area contributed by atoms with Gasteiger partial charge >= 0.3 is 0 Å². The number of rotatable bonds is 5. The fourth-order valence-electron chi connectivity index (χ4n) is 6.37. The van der Waals surface area contributed by atoms with Crippen LogP contribution in [-0.4, -0.2) is 0 Å². The minimum Gasteiger partial charge on any atom is -0.310 e. The molecule has 0 fully saturated rings. The Morgan fingerprint density at radius 3 is 1.63 bits per heavy atom. The molecule has 0 radical (unpaired) electrons. The van der Waals surface area contributed by atoms with Crippen molar-refractivity contribution in [2.75, 3.05) is 4.90 Å². The first-order chi connectivity index (χ1) is 21.3. The number of hydrogen-bond acceptors (Lipinski definition) is 1. The van der Waals surface area contributed by atoms with E-state index in [-0.39, 0.29) is 0 Å². The van der Waals surface area contributed by atoms with Gasteiger partial charge in [-0.15, -0.1) is 0 Å². The first-order valence-corrected chi connectivity index (χ1v) is 14.8. The molecule has 0 aliphatic heterocycles. The number of fused-ring (bicyclic) bond motifs is 5. The topological polar surface area (TPSA) is 3.24 Å². The Morgan fingerprint density at radius 1 is 0.279 bits per heavy atom. The van der Waals surface area contributed by atoms with Gasteiger partial charge in [0.2, 0.25) is 0 Å². The van der Waals surface area contributed by atoms with Crippen molar-refractivity contribution in [1.29, 1.82) is 0 Å². The maximum absolute atomic E-state index is 2.39. The molecule has 0 amide bonds. The quantitative estimate of drug-likeness (QED) is 0.194. The molecule has 0 unspecified atom stereocenters. The highest BCUT2D eigenvalue weighted by Crippen LogP contribution is 2.41. The van der Waals surface area contributed by atoms with Crippen LogP contribution in [0.4, 0.5) is 17.1 Å². The summed E-state index contributed by atoms with van der Waals surface area (Å²) in [7, 11) is 0. The van der Waals surface area contributed by atoms with Crippen molar-refractivity contribution >= 4 is 49.4 Å². The van der Waals surface area contributed by atoms with Gasteiger partial charge < -0.3 is 4.90 Å². The van der Waals surface area contributed by atoms with Gasteiger partial charge in [0.25, 0.3) is 0 Å². The SMILES string of the molecule is c1ccc(-c2ccc(N(c3ccccc3)c3cccc(-c4cc5c6ccccc6ccc5c5ccccc45)c3)cc2)cc1. The minimum absolute atomic E-state index is 1.12. The Balaban J connectivity index is 1.31. The highest BCUT2D eigenvalue weighted by atomic mass is 15.1.